The molecule has 0 amide bonds. The Bertz CT molecular complexity index is 5140. The molecule has 32 nitrogen and oxygen atoms in total. The summed E-state index contributed by atoms with van der Waals surface area (Å²) in [6.45, 7) is 6.40. The number of aromatic carboxylic acids is 1. The number of nitrogen functional groups attached to an aromatic ring is 5. The van der Waals surface area contributed by atoms with E-state index in [2.05, 4.69) is 166 Å². The van der Waals surface area contributed by atoms with Crippen molar-refractivity contribution in [3.8, 4) is 45.0 Å². The molecule has 0 aliphatic carbocycles. The van der Waals surface area contributed by atoms with Crippen molar-refractivity contribution in [1.29, 1.82) is 0 Å². The Hall–Kier alpha value is -9.30. The Morgan fingerprint density at radius 3 is 1.21 bits per heavy atom. The normalized spacial score (nSPS) is 9.76. The van der Waals surface area contributed by atoms with Gasteiger partial charge in [0.25, 0.3) is 5.97 Å². The lowest BCUT2D eigenvalue weighted by atomic mass is 9.80. The SMILES string of the molecule is BrBr.C.CC(=O)O.CCOC(CBr)OCC.COC(=O)c1nc(-c2ccccc2Cl)cnc1N.COC(=O)c1nc(Br)cnc1N.COC(=O)c1nccnc1N.Clc1ccccc1-c1cn2ccnc2c(Br)n1.Nc1ncc(-c2ccccc2Cl)nc1Br.Nc1ncc(-c2ccccc2Cl)nc1C(=O)O.OB(O)c1ccccc1Cl. The van der Waals surface area contributed by atoms with Crippen molar-refractivity contribution in [2.24, 2.45) is 0 Å². The van der Waals surface area contributed by atoms with Crippen LogP contribution in [0.4, 0.5) is 29.1 Å². The van der Waals surface area contributed by atoms with Gasteiger partial charge >= 0.3 is 31.0 Å². The number of aliphatic carboxylic acids is 1. The van der Waals surface area contributed by atoms with Crippen molar-refractivity contribution in [3.63, 3.8) is 0 Å². The third kappa shape index (κ3) is 34.5. The second-order valence-corrected chi connectivity index (χ2v) is 25.8. The van der Waals surface area contributed by atoms with E-state index in [0.29, 0.717) is 91.6 Å². The van der Waals surface area contributed by atoms with E-state index in [1.54, 1.807) is 79.1 Å². The topological polar surface area (TPSA) is 502 Å². The van der Waals surface area contributed by atoms with Gasteiger partial charge in [0, 0.05) is 112 Å². The van der Waals surface area contributed by atoms with Crippen LogP contribution in [0.1, 0.15) is 70.2 Å². The van der Waals surface area contributed by atoms with Crippen LogP contribution >= 0.6 is 150 Å². The molecule has 0 spiro atoms. The maximum absolute atomic E-state index is 11.5. The summed E-state index contributed by atoms with van der Waals surface area (Å²) in [7, 11) is 2.29. The first kappa shape index (κ1) is 103. The van der Waals surface area contributed by atoms with Gasteiger partial charge in [-0.25, -0.2) is 79.0 Å². The molecule has 44 heteroatoms. The third-order valence-electron chi connectivity index (χ3n) is 13.1. The van der Waals surface area contributed by atoms with E-state index in [-0.39, 0.29) is 59.8 Å². The minimum atomic E-state index is -1.48. The van der Waals surface area contributed by atoms with Crippen molar-refractivity contribution in [2.75, 3.05) is 68.5 Å². The Morgan fingerprint density at radius 2 is 0.819 bits per heavy atom. The number of hydrogen-bond acceptors (Lipinski definition) is 29. The first-order valence-electron chi connectivity index (χ1n) is 31.9. The van der Waals surface area contributed by atoms with E-state index in [4.69, 9.17) is 121 Å². The summed E-state index contributed by atoms with van der Waals surface area (Å²) in [5.41, 5.74) is 33.5. The van der Waals surface area contributed by atoms with E-state index in [0.717, 1.165) is 34.7 Å². The molecule has 0 bridgehead atoms. The number of imidazole rings is 1. The Labute approximate surface area is 739 Å². The molecule has 7 heterocycles. The lowest BCUT2D eigenvalue weighted by molar-refractivity contribution is -0.134. The van der Waals surface area contributed by atoms with Crippen molar-refractivity contribution in [2.45, 2.75) is 34.5 Å². The van der Waals surface area contributed by atoms with Gasteiger partial charge in [0.2, 0.25) is 0 Å². The summed E-state index contributed by atoms with van der Waals surface area (Å²) in [6, 6.07) is 35.8. The van der Waals surface area contributed by atoms with Gasteiger partial charge in [0.05, 0.1) is 94.3 Å². The number of anilines is 5. The van der Waals surface area contributed by atoms with E-state index >= 15 is 0 Å². The number of carbonyl (C=O) groups excluding carboxylic acids is 3. The number of alkyl halides is 1. The first-order valence-corrected chi connectivity index (χ1v) is 41.0. The molecule has 12 aromatic rings. The molecule has 0 unspecified atom stereocenters. The number of nitrogens with zero attached hydrogens (tertiary/aromatic N) is 13. The second-order valence-electron chi connectivity index (χ2n) is 20.8. The Balaban J connectivity index is 0.000000449. The van der Waals surface area contributed by atoms with Gasteiger partial charge < -0.3 is 77.0 Å². The van der Waals surface area contributed by atoms with Crippen LogP contribution in [0.5, 0.6) is 0 Å². The summed E-state index contributed by atoms with van der Waals surface area (Å²) in [4.78, 5) is 101. The van der Waals surface area contributed by atoms with Crippen LogP contribution in [-0.4, -0.2) is 168 Å². The van der Waals surface area contributed by atoms with Crippen molar-refractivity contribution >= 4 is 227 Å². The van der Waals surface area contributed by atoms with E-state index in [1.165, 1.54) is 52.3 Å². The van der Waals surface area contributed by atoms with E-state index in [9.17, 15) is 19.2 Å². The van der Waals surface area contributed by atoms with Crippen LogP contribution in [0.25, 0.3) is 50.7 Å². The smallest absolute Gasteiger partial charge is 0.481 e. The highest BCUT2D eigenvalue weighted by molar-refractivity contribution is 9.93. The van der Waals surface area contributed by atoms with Gasteiger partial charge in [0.15, 0.2) is 63.8 Å². The average Bonchev–Trinajstić information content (AvgIpc) is 1.46. The maximum Gasteiger partial charge on any atom is 0.489 e. The number of aromatic nitrogens is 13. The summed E-state index contributed by atoms with van der Waals surface area (Å²) in [6.07, 6.45) is 14.1. The summed E-state index contributed by atoms with van der Waals surface area (Å²) in [5, 5.41) is 37.1. The molecule has 0 saturated heterocycles. The fourth-order valence-corrected chi connectivity index (χ4v) is 10.7. The largest absolute Gasteiger partial charge is 0.489 e. The number of rotatable bonds is 14. The zero-order valence-corrected chi connectivity index (χ0v) is 74.0. The number of ether oxygens (including phenoxy) is 5. The fraction of sp³-hybridized carbons (Fsp3) is 0.153. The molecule has 12 rings (SSSR count). The van der Waals surface area contributed by atoms with Crippen LogP contribution in [-0.2, 0) is 28.5 Å². The molecule has 116 heavy (non-hydrogen) atoms. The number of carboxylic acids is 2. The number of halogens is 11. The van der Waals surface area contributed by atoms with Crippen molar-refractivity contribution in [1.82, 2.24) is 64.2 Å². The number of hydrogen-bond donors (Lipinski definition) is 9. The molecule has 7 aromatic heterocycles. The molecule has 5 aromatic carbocycles. The number of esters is 3. The predicted octanol–water partition coefficient (Wildman–Crippen LogP) is 15.9. The lowest BCUT2D eigenvalue weighted by Gasteiger charge is -2.12. The minimum Gasteiger partial charge on any atom is -0.481 e. The molecule has 0 fully saturated rings. The predicted molar refractivity (Wildman–Crippen MR) is 471 cm³/mol. The monoisotopic (exact) mass is 2070 g/mol. The van der Waals surface area contributed by atoms with Gasteiger partial charge in [-0.05, 0) is 92.0 Å². The number of carbonyl (C=O) groups is 5. The molecule has 0 saturated carbocycles. The maximum atomic E-state index is 11.5. The average molecular weight is 2080 g/mol. The fourth-order valence-electron chi connectivity index (χ4n) is 8.09. The van der Waals surface area contributed by atoms with Crippen molar-refractivity contribution < 1.29 is 67.9 Å². The molecule has 14 N–H and O–H groups in total. The molecule has 0 aliphatic rings. The van der Waals surface area contributed by atoms with Gasteiger partial charge in [-0.15, -0.1) is 0 Å². The van der Waals surface area contributed by atoms with Gasteiger partial charge in [-0.3, -0.25) is 4.79 Å². The van der Waals surface area contributed by atoms with Crippen LogP contribution < -0.4 is 34.1 Å². The number of nitrogens with two attached hydrogens (primary N) is 5. The third-order valence-corrected chi connectivity index (χ3v) is 16.8. The Morgan fingerprint density at radius 1 is 0.466 bits per heavy atom. The van der Waals surface area contributed by atoms with Crippen LogP contribution in [0.3, 0.4) is 0 Å². The van der Waals surface area contributed by atoms with E-state index in [1.807, 2.05) is 85.2 Å². The zero-order valence-electron chi connectivity index (χ0n) is 60.7. The molecule has 614 valence electrons. The molecule has 0 radical (unpaired) electrons. The van der Waals surface area contributed by atoms with Gasteiger partial charge in [0.1, 0.15) is 13.8 Å². The molecule has 0 atom stereocenters. The second kappa shape index (κ2) is 55.3. The summed E-state index contributed by atoms with van der Waals surface area (Å²) >= 11 is 48.3. The molecule has 0 aliphatic heterocycles. The molecular weight excluding hydrogens is 2010 g/mol. The van der Waals surface area contributed by atoms with Crippen molar-refractivity contribution in [3.05, 3.63) is 239 Å². The number of carboxylic acid groups (broad SMARTS) is 2. The highest BCUT2D eigenvalue weighted by Gasteiger charge is 2.19. The quantitative estimate of drug-likeness (QED) is 0.0160. The number of methoxy groups -OCH3 is 3. The zero-order chi connectivity index (χ0) is 85.9. The highest BCUT2D eigenvalue weighted by Crippen LogP contribution is 2.31. The van der Waals surface area contributed by atoms with Crippen LogP contribution in [0.15, 0.2) is 191 Å². The standard InChI is InChI=1S/C12H7BrClN3.C12H10ClN3O2.C11H8ClN3O2.C10H7BrClN3.C6H6BClO2.C6H6BrN3O2.C6H13BrO2.C6H7N3O2.C2H4O2.CH4.Br2/c13-11-12-15-5-6-17(12)7-10(16-11)8-3-1-2-4-9(8)14;1-18-12(17)10-11(14)15-6-9(16-10)7-4-2-3-5-8(7)13;12-7-4-2-1-3-6(7)8-5-14-10(13)9(15-8)11(16)17;11-9-10(13)14-5-8(15-9)6-3-1-2-4-7(6)12;8-6-4-2-1-3-5(6)7(9)10;1-12-6(11)4-5(8)9-2-3(7)10-4;1-3-8-6(5-7)9-4-2;1-11-6(10)4-5(7)9-3-2-8-4;1-2(3)4;;1-2/h1-7H;2-6H,1H3,(H2,14,15);1-5H,(H2,13,14)(H,16,17);1-5H,(H2,13,14);1-4,9-10H;2H,1H3,(H2,8,9);6H,3-5H2,1-2H3;2-3H,1H3,(H2,7,9);1H3,(H,3,4);1H4;. The minimum absolute atomic E-state index is 0. The van der Waals surface area contributed by atoms with Gasteiger partial charge in [-0.1, -0.05) is 172 Å². The van der Waals surface area contributed by atoms with Crippen LogP contribution in [0.2, 0.25) is 25.1 Å². The number of fused-ring (bicyclic) bond motifs is 1. The first-order chi connectivity index (χ1) is 54.9. The highest BCUT2D eigenvalue weighted by atomic mass is 80.9. The lowest BCUT2D eigenvalue weighted by Crippen LogP contribution is -2.30. The summed E-state index contributed by atoms with van der Waals surface area (Å²) in [5.74, 6) is -3.43. The Kier molecular flexibility index (Phi) is 49.0. The van der Waals surface area contributed by atoms with Crippen LogP contribution in [0, 0.1) is 0 Å². The van der Waals surface area contributed by atoms with E-state index < -0.39 is 37.0 Å². The van der Waals surface area contributed by atoms with Gasteiger partial charge in [-0.2, -0.15) is 0 Å². The summed E-state index contributed by atoms with van der Waals surface area (Å²) < 4.78 is 27.3. The molecular formula is C72H72BBr6Cl5N18O14. The number of benzene rings is 5.